The van der Waals surface area contributed by atoms with Gasteiger partial charge in [-0.05, 0) is 32.1 Å². The molecule has 2 rings (SSSR count). The summed E-state index contributed by atoms with van der Waals surface area (Å²) in [6.45, 7) is 1.44. The maximum absolute atomic E-state index is 11.5. The second-order valence-electron chi connectivity index (χ2n) is 5.04. The van der Waals surface area contributed by atoms with Crippen LogP contribution in [0.5, 0.6) is 0 Å². The van der Waals surface area contributed by atoms with E-state index in [-0.39, 0.29) is 5.91 Å². The van der Waals surface area contributed by atoms with Crippen LogP contribution in [0, 0.1) is 0 Å². The fourth-order valence-corrected chi connectivity index (χ4v) is 2.12. The number of carbonyl (C=O) groups is 1. The van der Waals surface area contributed by atoms with Crippen LogP contribution < -0.4 is 11.1 Å². The van der Waals surface area contributed by atoms with E-state index in [0.29, 0.717) is 12.6 Å². The Hall–Kier alpha value is -0.610. The Morgan fingerprint density at radius 3 is 2.69 bits per heavy atom. The molecule has 0 spiro atoms. The topological polar surface area (TPSA) is 64.4 Å². The van der Waals surface area contributed by atoms with Crippen LogP contribution in [0.3, 0.4) is 0 Å². The van der Waals surface area contributed by atoms with E-state index in [9.17, 15) is 4.79 Å². The van der Waals surface area contributed by atoms with Crippen molar-refractivity contribution in [1.29, 1.82) is 0 Å². The standard InChI is InChI=1S/C12H22N2O2/c13-12(6-7-12)11(15)14-8-3-9-16-10-4-1-2-5-10/h10H,1-9,13H2,(H,14,15). The van der Waals surface area contributed by atoms with Gasteiger partial charge in [-0.15, -0.1) is 0 Å². The first-order valence-electron chi connectivity index (χ1n) is 6.39. The molecule has 3 N–H and O–H groups in total. The summed E-state index contributed by atoms with van der Waals surface area (Å²) in [5.41, 5.74) is 5.23. The van der Waals surface area contributed by atoms with Crippen molar-refractivity contribution >= 4 is 5.91 Å². The number of hydrogen-bond donors (Lipinski definition) is 2. The van der Waals surface area contributed by atoms with Crippen molar-refractivity contribution in [2.24, 2.45) is 5.73 Å². The molecule has 0 radical (unpaired) electrons. The van der Waals surface area contributed by atoms with Gasteiger partial charge in [0.15, 0.2) is 0 Å². The number of nitrogens with two attached hydrogens (primary N) is 1. The van der Waals surface area contributed by atoms with Crippen LogP contribution in [-0.4, -0.2) is 30.7 Å². The van der Waals surface area contributed by atoms with Gasteiger partial charge in [0.1, 0.15) is 0 Å². The molecule has 0 bridgehead atoms. The summed E-state index contributed by atoms with van der Waals surface area (Å²) >= 11 is 0. The van der Waals surface area contributed by atoms with Crippen molar-refractivity contribution in [2.45, 2.75) is 56.6 Å². The van der Waals surface area contributed by atoms with Gasteiger partial charge >= 0.3 is 0 Å². The van der Waals surface area contributed by atoms with Crippen molar-refractivity contribution in [3.05, 3.63) is 0 Å². The maximum atomic E-state index is 11.5. The van der Waals surface area contributed by atoms with Crippen LogP contribution in [0.4, 0.5) is 0 Å². The van der Waals surface area contributed by atoms with Crippen LogP contribution in [0.2, 0.25) is 0 Å². The minimum absolute atomic E-state index is 0.00775. The monoisotopic (exact) mass is 226 g/mol. The van der Waals surface area contributed by atoms with Crippen LogP contribution in [0.25, 0.3) is 0 Å². The second-order valence-corrected chi connectivity index (χ2v) is 5.04. The molecule has 2 aliphatic carbocycles. The van der Waals surface area contributed by atoms with Crippen molar-refractivity contribution in [3.63, 3.8) is 0 Å². The number of carbonyl (C=O) groups excluding carboxylic acids is 1. The highest BCUT2D eigenvalue weighted by molar-refractivity contribution is 5.88. The van der Waals surface area contributed by atoms with E-state index >= 15 is 0 Å². The molecule has 2 aliphatic rings. The fourth-order valence-electron chi connectivity index (χ4n) is 2.12. The van der Waals surface area contributed by atoms with Crippen molar-refractivity contribution < 1.29 is 9.53 Å². The largest absolute Gasteiger partial charge is 0.378 e. The molecule has 0 aliphatic heterocycles. The molecule has 2 saturated carbocycles. The molecule has 0 saturated heterocycles. The number of ether oxygens (including phenoxy) is 1. The Bertz CT molecular complexity index is 245. The lowest BCUT2D eigenvalue weighted by Gasteiger charge is -2.12. The van der Waals surface area contributed by atoms with E-state index in [1.807, 2.05) is 0 Å². The quantitative estimate of drug-likeness (QED) is 0.663. The van der Waals surface area contributed by atoms with Gasteiger partial charge in [0, 0.05) is 13.2 Å². The Morgan fingerprint density at radius 1 is 1.38 bits per heavy atom. The number of nitrogens with one attached hydrogen (secondary N) is 1. The molecule has 0 aromatic rings. The summed E-state index contributed by atoms with van der Waals surface area (Å²) in [5, 5.41) is 2.87. The highest BCUT2D eigenvalue weighted by Crippen LogP contribution is 2.31. The molecule has 4 heteroatoms. The third-order valence-electron chi connectivity index (χ3n) is 3.50. The summed E-state index contributed by atoms with van der Waals surface area (Å²) in [5.74, 6) is 0.00775. The van der Waals surface area contributed by atoms with Gasteiger partial charge in [0.25, 0.3) is 0 Å². The first kappa shape index (κ1) is 11.9. The van der Waals surface area contributed by atoms with Crippen molar-refractivity contribution in [1.82, 2.24) is 5.32 Å². The zero-order chi connectivity index (χ0) is 11.4. The molecule has 0 aromatic heterocycles. The molecule has 4 nitrogen and oxygen atoms in total. The first-order chi connectivity index (χ1) is 7.71. The Balaban J connectivity index is 1.47. The van der Waals surface area contributed by atoms with Crippen LogP contribution in [-0.2, 0) is 9.53 Å². The minimum Gasteiger partial charge on any atom is -0.378 e. The zero-order valence-corrected chi connectivity index (χ0v) is 9.84. The molecule has 0 unspecified atom stereocenters. The molecular formula is C12H22N2O2. The SMILES string of the molecule is NC1(C(=O)NCCCOC2CCCC2)CC1. The summed E-state index contributed by atoms with van der Waals surface area (Å²) in [7, 11) is 0. The summed E-state index contributed by atoms with van der Waals surface area (Å²) in [6, 6.07) is 0. The fraction of sp³-hybridized carbons (Fsp3) is 0.917. The molecular weight excluding hydrogens is 204 g/mol. The zero-order valence-electron chi connectivity index (χ0n) is 9.84. The van der Waals surface area contributed by atoms with Gasteiger partial charge in [0.05, 0.1) is 11.6 Å². The normalized spacial score (nSPS) is 23.3. The molecule has 92 valence electrons. The van der Waals surface area contributed by atoms with Crippen molar-refractivity contribution in [2.75, 3.05) is 13.2 Å². The van der Waals surface area contributed by atoms with Gasteiger partial charge in [-0.3, -0.25) is 4.79 Å². The van der Waals surface area contributed by atoms with E-state index in [1.54, 1.807) is 0 Å². The van der Waals surface area contributed by atoms with Gasteiger partial charge in [-0.1, -0.05) is 12.8 Å². The van der Waals surface area contributed by atoms with E-state index < -0.39 is 5.54 Å². The average molecular weight is 226 g/mol. The Kier molecular flexibility index (Phi) is 3.82. The van der Waals surface area contributed by atoms with Crippen molar-refractivity contribution in [3.8, 4) is 0 Å². The van der Waals surface area contributed by atoms with Crippen LogP contribution in [0.15, 0.2) is 0 Å². The Morgan fingerprint density at radius 2 is 2.06 bits per heavy atom. The molecule has 1 amide bonds. The van der Waals surface area contributed by atoms with Crippen LogP contribution >= 0.6 is 0 Å². The van der Waals surface area contributed by atoms with E-state index in [2.05, 4.69) is 5.32 Å². The number of amides is 1. The molecule has 2 fully saturated rings. The van der Waals surface area contributed by atoms with Gasteiger partial charge < -0.3 is 15.8 Å². The third kappa shape index (κ3) is 3.19. The minimum atomic E-state index is -0.535. The smallest absolute Gasteiger partial charge is 0.240 e. The predicted octanol–water partition coefficient (Wildman–Crippen LogP) is 0.943. The lowest BCUT2D eigenvalue weighted by molar-refractivity contribution is -0.123. The van der Waals surface area contributed by atoms with E-state index in [0.717, 1.165) is 25.9 Å². The average Bonchev–Trinajstić information content (AvgIpc) is 2.81. The lowest BCUT2D eigenvalue weighted by Crippen LogP contribution is -2.43. The summed E-state index contributed by atoms with van der Waals surface area (Å²) < 4.78 is 5.70. The van der Waals surface area contributed by atoms with Crippen LogP contribution in [0.1, 0.15) is 44.9 Å². The second kappa shape index (κ2) is 5.15. The number of hydrogen-bond acceptors (Lipinski definition) is 3. The summed E-state index contributed by atoms with van der Waals surface area (Å²) in [6.07, 6.45) is 8.04. The number of rotatable bonds is 6. The van der Waals surface area contributed by atoms with Gasteiger partial charge in [-0.25, -0.2) is 0 Å². The van der Waals surface area contributed by atoms with Gasteiger partial charge in [0.2, 0.25) is 5.91 Å². The summed E-state index contributed by atoms with van der Waals surface area (Å²) in [4.78, 5) is 11.5. The highest BCUT2D eigenvalue weighted by atomic mass is 16.5. The molecule has 16 heavy (non-hydrogen) atoms. The Labute approximate surface area is 96.9 Å². The molecule has 0 heterocycles. The highest BCUT2D eigenvalue weighted by Gasteiger charge is 2.45. The van der Waals surface area contributed by atoms with Gasteiger partial charge in [-0.2, -0.15) is 0 Å². The maximum Gasteiger partial charge on any atom is 0.240 e. The van der Waals surface area contributed by atoms with E-state index in [1.165, 1.54) is 25.7 Å². The predicted molar refractivity (Wildman–Crippen MR) is 62.0 cm³/mol. The molecule has 0 aromatic carbocycles. The van der Waals surface area contributed by atoms with E-state index in [4.69, 9.17) is 10.5 Å². The lowest BCUT2D eigenvalue weighted by atomic mass is 10.2. The third-order valence-corrected chi connectivity index (χ3v) is 3.50. The molecule has 0 atom stereocenters. The first-order valence-corrected chi connectivity index (χ1v) is 6.39.